The highest BCUT2D eigenvalue weighted by Gasteiger charge is 2.32. The first kappa shape index (κ1) is 16.9. The Labute approximate surface area is 147 Å². The number of benzene rings is 3. The molecule has 0 bridgehead atoms. The van der Waals surface area contributed by atoms with E-state index in [9.17, 15) is 4.79 Å². The standard InChI is InChI=1S/C21H21N3O/c1-21(23,20(25)24(2)14-22)17-10-5-9-16(13-17)19-12-6-8-15-7-3-4-11-18(15)19/h3-14,22H,23H2,1-2H3. The van der Waals surface area contributed by atoms with Gasteiger partial charge in [0.05, 0.1) is 6.34 Å². The minimum absolute atomic E-state index is 0.322. The van der Waals surface area contributed by atoms with Crippen molar-refractivity contribution in [3.8, 4) is 11.1 Å². The zero-order valence-corrected chi connectivity index (χ0v) is 14.4. The number of carbonyl (C=O) groups is 1. The van der Waals surface area contributed by atoms with Crippen LogP contribution in [0.5, 0.6) is 0 Å². The lowest BCUT2D eigenvalue weighted by Crippen LogP contribution is -2.49. The van der Waals surface area contributed by atoms with Crippen molar-refractivity contribution >= 4 is 23.0 Å². The van der Waals surface area contributed by atoms with Crippen molar-refractivity contribution in [2.24, 2.45) is 5.73 Å². The summed E-state index contributed by atoms with van der Waals surface area (Å²) in [7, 11) is 1.54. The summed E-state index contributed by atoms with van der Waals surface area (Å²) < 4.78 is 0. The van der Waals surface area contributed by atoms with Gasteiger partial charge in [-0.15, -0.1) is 0 Å². The Morgan fingerprint density at radius 2 is 1.76 bits per heavy atom. The van der Waals surface area contributed by atoms with E-state index in [-0.39, 0.29) is 5.91 Å². The number of rotatable bonds is 4. The summed E-state index contributed by atoms with van der Waals surface area (Å²) in [5.41, 5.74) is 7.95. The van der Waals surface area contributed by atoms with Gasteiger partial charge in [0.15, 0.2) is 0 Å². The van der Waals surface area contributed by atoms with Gasteiger partial charge in [0.2, 0.25) is 0 Å². The number of nitrogens with one attached hydrogen (secondary N) is 1. The molecule has 0 aliphatic rings. The van der Waals surface area contributed by atoms with Crippen LogP contribution in [0.2, 0.25) is 0 Å². The summed E-state index contributed by atoms with van der Waals surface area (Å²) in [5.74, 6) is -0.322. The van der Waals surface area contributed by atoms with Crippen LogP contribution >= 0.6 is 0 Å². The molecule has 3 rings (SSSR count). The topological polar surface area (TPSA) is 70.2 Å². The van der Waals surface area contributed by atoms with Crippen molar-refractivity contribution < 1.29 is 4.79 Å². The summed E-state index contributed by atoms with van der Waals surface area (Å²) >= 11 is 0. The molecular formula is C21H21N3O. The molecule has 0 heterocycles. The molecule has 4 heteroatoms. The highest BCUT2D eigenvalue weighted by atomic mass is 16.2. The summed E-state index contributed by atoms with van der Waals surface area (Å²) in [5, 5.41) is 9.60. The number of nitrogens with zero attached hydrogens (tertiary/aromatic N) is 1. The zero-order chi connectivity index (χ0) is 18.0. The van der Waals surface area contributed by atoms with Crippen LogP contribution in [0.3, 0.4) is 0 Å². The fourth-order valence-corrected chi connectivity index (χ4v) is 3.04. The number of hydrogen-bond acceptors (Lipinski definition) is 3. The van der Waals surface area contributed by atoms with E-state index >= 15 is 0 Å². The maximum Gasteiger partial charge on any atom is 0.251 e. The Hall–Kier alpha value is -2.98. The summed E-state index contributed by atoms with van der Waals surface area (Å²) in [4.78, 5) is 13.7. The Bertz CT molecular complexity index is 941. The summed E-state index contributed by atoms with van der Waals surface area (Å²) in [6.45, 7) is 1.68. The van der Waals surface area contributed by atoms with Crippen LogP contribution in [0.4, 0.5) is 0 Å². The average Bonchev–Trinajstić information content (AvgIpc) is 2.66. The van der Waals surface area contributed by atoms with E-state index in [4.69, 9.17) is 11.1 Å². The number of carbonyl (C=O) groups excluding carboxylic acids is 1. The molecule has 0 aliphatic heterocycles. The van der Waals surface area contributed by atoms with Crippen molar-refractivity contribution in [1.29, 1.82) is 5.41 Å². The van der Waals surface area contributed by atoms with Gasteiger partial charge in [-0.05, 0) is 40.5 Å². The largest absolute Gasteiger partial charge is 0.314 e. The number of amides is 1. The molecule has 0 saturated carbocycles. The van der Waals surface area contributed by atoms with Gasteiger partial charge >= 0.3 is 0 Å². The highest BCUT2D eigenvalue weighted by Crippen LogP contribution is 2.31. The maximum absolute atomic E-state index is 12.5. The Balaban J connectivity index is 2.10. The molecule has 3 N–H and O–H groups in total. The zero-order valence-electron chi connectivity index (χ0n) is 14.4. The molecule has 4 nitrogen and oxygen atoms in total. The Morgan fingerprint density at radius 3 is 2.52 bits per heavy atom. The molecule has 0 aliphatic carbocycles. The van der Waals surface area contributed by atoms with Crippen LogP contribution in [-0.2, 0) is 10.3 Å². The Kier molecular flexibility index (Phi) is 4.38. The van der Waals surface area contributed by atoms with Crippen molar-refractivity contribution in [3.63, 3.8) is 0 Å². The van der Waals surface area contributed by atoms with Crippen molar-refractivity contribution in [2.75, 3.05) is 7.05 Å². The predicted molar refractivity (Wildman–Crippen MR) is 102 cm³/mol. The fourth-order valence-electron chi connectivity index (χ4n) is 3.04. The van der Waals surface area contributed by atoms with Crippen LogP contribution in [0, 0.1) is 5.41 Å². The molecule has 0 saturated heterocycles. The number of nitrogens with two attached hydrogens (primary N) is 1. The molecule has 25 heavy (non-hydrogen) atoms. The molecule has 3 aromatic rings. The summed E-state index contributed by atoms with van der Waals surface area (Å²) in [6.07, 6.45) is 0.974. The normalized spacial score (nSPS) is 13.2. The molecule has 1 atom stereocenters. The SMILES string of the molecule is CN(C=N)C(=O)C(C)(N)c1cccc(-c2cccc3ccccc23)c1. The highest BCUT2D eigenvalue weighted by molar-refractivity contribution is 5.97. The van der Waals surface area contributed by atoms with Gasteiger partial charge in [-0.25, -0.2) is 0 Å². The first-order chi connectivity index (χ1) is 11.9. The fraction of sp³-hybridized carbons (Fsp3) is 0.143. The van der Waals surface area contributed by atoms with Crippen LogP contribution in [0.1, 0.15) is 12.5 Å². The first-order valence-corrected chi connectivity index (χ1v) is 8.10. The van der Waals surface area contributed by atoms with Crippen LogP contribution in [0.25, 0.3) is 21.9 Å². The van der Waals surface area contributed by atoms with E-state index in [1.165, 1.54) is 17.3 Å². The van der Waals surface area contributed by atoms with E-state index in [0.717, 1.165) is 28.4 Å². The quantitative estimate of drug-likeness (QED) is 0.565. The van der Waals surface area contributed by atoms with Gasteiger partial charge in [-0.2, -0.15) is 0 Å². The molecule has 0 radical (unpaired) electrons. The maximum atomic E-state index is 12.5. The molecule has 0 spiro atoms. The molecule has 1 amide bonds. The van der Waals surface area contributed by atoms with Crippen molar-refractivity contribution in [2.45, 2.75) is 12.5 Å². The summed E-state index contributed by atoms with van der Waals surface area (Å²) in [6, 6.07) is 22.1. The molecular weight excluding hydrogens is 310 g/mol. The second-order valence-corrected chi connectivity index (χ2v) is 6.36. The monoisotopic (exact) mass is 331 g/mol. The third-order valence-corrected chi connectivity index (χ3v) is 4.52. The van der Waals surface area contributed by atoms with Gasteiger partial charge in [0.25, 0.3) is 5.91 Å². The van der Waals surface area contributed by atoms with Gasteiger partial charge < -0.3 is 10.6 Å². The lowest BCUT2D eigenvalue weighted by molar-refractivity contribution is -0.131. The lowest BCUT2D eigenvalue weighted by Gasteiger charge is -2.27. The van der Waals surface area contributed by atoms with E-state index < -0.39 is 5.54 Å². The minimum atomic E-state index is -1.20. The van der Waals surface area contributed by atoms with E-state index in [1.54, 1.807) is 6.92 Å². The van der Waals surface area contributed by atoms with Crippen molar-refractivity contribution in [3.05, 3.63) is 72.3 Å². The molecule has 0 fully saturated rings. The van der Waals surface area contributed by atoms with E-state index in [1.807, 2.05) is 42.5 Å². The average molecular weight is 331 g/mol. The van der Waals surface area contributed by atoms with Crippen LogP contribution in [-0.4, -0.2) is 24.2 Å². The minimum Gasteiger partial charge on any atom is -0.314 e. The molecule has 0 aromatic heterocycles. The van der Waals surface area contributed by atoms with Gasteiger partial charge in [-0.1, -0.05) is 60.7 Å². The second kappa shape index (κ2) is 6.49. The van der Waals surface area contributed by atoms with Gasteiger partial charge in [0.1, 0.15) is 5.54 Å². The smallest absolute Gasteiger partial charge is 0.251 e. The number of fused-ring (bicyclic) bond motifs is 1. The number of hydrogen-bond donors (Lipinski definition) is 2. The first-order valence-electron chi connectivity index (χ1n) is 8.10. The molecule has 1 unspecified atom stereocenters. The van der Waals surface area contributed by atoms with E-state index in [2.05, 4.69) is 24.3 Å². The second-order valence-electron chi connectivity index (χ2n) is 6.36. The predicted octanol–water partition coefficient (Wildman–Crippen LogP) is 3.75. The lowest BCUT2D eigenvalue weighted by atomic mass is 9.88. The Morgan fingerprint density at radius 1 is 1.08 bits per heavy atom. The van der Waals surface area contributed by atoms with Crippen LogP contribution in [0.15, 0.2) is 66.7 Å². The van der Waals surface area contributed by atoms with Crippen LogP contribution < -0.4 is 5.73 Å². The third-order valence-electron chi connectivity index (χ3n) is 4.52. The number of likely N-dealkylation sites (N-methyl/N-ethyl adjacent to an activating group) is 1. The van der Waals surface area contributed by atoms with Gasteiger partial charge in [0, 0.05) is 7.05 Å². The van der Waals surface area contributed by atoms with Crippen molar-refractivity contribution in [1.82, 2.24) is 4.90 Å². The van der Waals surface area contributed by atoms with Gasteiger partial charge in [-0.3, -0.25) is 10.2 Å². The van der Waals surface area contributed by atoms with E-state index in [0.29, 0.717) is 0 Å². The third kappa shape index (κ3) is 3.04. The molecule has 3 aromatic carbocycles. The molecule has 126 valence electrons.